The van der Waals surface area contributed by atoms with Crippen LogP contribution in [0.25, 0.3) is 10.8 Å². The van der Waals surface area contributed by atoms with Crippen LogP contribution in [-0.4, -0.2) is 61.7 Å². The fourth-order valence-electron chi connectivity index (χ4n) is 3.68. The third-order valence-electron chi connectivity index (χ3n) is 5.25. The number of carbonyl (C=O) groups excluding carboxylic acids is 2. The Labute approximate surface area is 174 Å². The summed E-state index contributed by atoms with van der Waals surface area (Å²) in [5.41, 5.74) is 0.240. The van der Waals surface area contributed by atoms with Crippen molar-refractivity contribution in [3.8, 4) is 5.75 Å². The van der Waals surface area contributed by atoms with Gasteiger partial charge in [0.05, 0.1) is 24.1 Å². The highest BCUT2D eigenvalue weighted by Gasteiger charge is 2.37. The molecule has 2 amide bonds. The van der Waals surface area contributed by atoms with Gasteiger partial charge in [0.15, 0.2) is 9.84 Å². The Morgan fingerprint density at radius 1 is 1.17 bits per heavy atom. The maximum absolute atomic E-state index is 12.4. The Hall–Kier alpha value is -2.94. The molecular weight excluding hydrogens is 406 g/mol. The quantitative estimate of drug-likeness (QED) is 0.701. The highest BCUT2D eigenvalue weighted by atomic mass is 32.2. The third kappa shape index (κ3) is 4.62. The molecule has 2 aromatic rings. The Morgan fingerprint density at radius 2 is 1.97 bits per heavy atom. The zero-order valence-electron chi connectivity index (χ0n) is 16.4. The Morgan fingerprint density at radius 3 is 2.73 bits per heavy atom. The molecule has 8 nitrogen and oxygen atoms in total. The average Bonchev–Trinajstić information content (AvgIpc) is 3.10. The van der Waals surface area contributed by atoms with Gasteiger partial charge in [-0.1, -0.05) is 30.3 Å². The van der Waals surface area contributed by atoms with Crippen molar-refractivity contribution in [1.29, 1.82) is 0 Å². The van der Waals surface area contributed by atoms with E-state index in [0.717, 1.165) is 16.5 Å². The lowest BCUT2D eigenvalue weighted by Crippen LogP contribution is -2.44. The van der Waals surface area contributed by atoms with Crippen molar-refractivity contribution in [3.05, 3.63) is 42.5 Å². The second-order valence-corrected chi connectivity index (χ2v) is 9.68. The molecule has 0 saturated carbocycles. The minimum absolute atomic E-state index is 0.0462. The minimum atomic E-state index is -3.14. The number of benzene rings is 2. The van der Waals surface area contributed by atoms with E-state index in [0.29, 0.717) is 13.0 Å². The van der Waals surface area contributed by atoms with Crippen LogP contribution in [0.4, 0.5) is 0 Å². The smallest absolute Gasteiger partial charge is 0.267 e. The number of hydrogen-bond donors (Lipinski definition) is 1. The first kappa shape index (κ1) is 20.3. The molecule has 2 aliphatic heterocycles. The summed E-state index contributed by atoms with van der Waals surface area (Å²) >= 11 is 0. The van der Waals surface area contributed by atoms with E-state index in [4.69, 9.17) is 4.74 Å². The molecule has 4 rings (SSSR count). The second kappa shape index (κ2) is 8.43. The van der Waals surface area contributed by atoms with Crippen LogP contribution < -0.4 is 10.1 Å². The number of ether oxygens (including phenoxy) is 1. The summed E-state index contributed by atoms with van der Waals surface area (Å²) in [6.45, 7) is 0.581. The molecule has 1 N–H and O–H groups in total. The monoisotopic (exact) mass is 429 g/mol. The van der Waals surface area contributed by atoms with Crippen LogP contribution in [0.15, 0.2) is 47.6 Å². The van der Waals surface area contributed by atoms with Gasteiger partial charge in [-0.2, -0.15) is 5.10 Å². The van der Waals surface area contributed by atoms with Crippen LogP contribution in [0.1, 0.15) is 19.3 Å². The topological polar surface area (TPSA) is 105 Å². The van der Waals surface area contributed by atoms with E-state index in [9.17, 15) is 18.0 Å². The van der Waals surface area contributed by atoms with Crippen molar-refractivity contribution in [3.63, 3.8) is 0 Å². The molecule has 2 heterocycles. The average molecular weight is 429 g/mol. The van der Waals surface area contributed by atoms with E-state index in [1.54, 1.807) is 0 Å². The van der Waals surface area contributed by atoms with Crippen molar-refractivity contribution >= 4 is 38.1 Å². The van der Waals surface area contributed by atoms with E-state index in [1.165, 1.54) is 5.01 Å². The van der Waals surface area contributed by atoms with Gasteiger partial charge in [-0.05, 0) is 29.3 Å². The molecule has 0 bridgehead atoms. The molecule has 30 heavy (non-hydrogen) atoms. The molecule has 1 atom stereocenters. The number of amides is 2. The van der Waals surface area contributed by atoms with Crippen LogP contribution >= 0.6 is 0 Å². The summed E-state index contributed by atoms with van der Waals surface area (Å²) in [5, 5.41) is 10.3. The zero-order valence-corrected chi connectivity index (χ0v) is 17.2. The first-order chi connectivity index (χ1) is 14.4. The minimum Gasteiger partial charge on any atom is -0.492 e. The molecule has 0 aromatic heterocycles. The molecular formula is C21H23N3O5S. The van der Waals surface area contributed by atoms with E-state index >= 15 is 0 Å². The first-order valence-corrected chi connectivity index (χ1v) is 11.7. The molecule has 9 heteroatoms. The van der Waals surface area contributed by atoms with E-state index in [1.807, 2.05) is 42.5 Å². The van der Waals surface area contributed by atoms with Gasteiger partial charge in [-0.25, -0.2) is 13.4 Å². The number of nitrogens with zero attached hydrogens (tertiary/aromatic N) is 2. The van der Waals surface area contributed by atoms with E-state index in [2.05, 4.69) is 10.4 Å². The largest absolute Gasteiger partial charge is 0.492 e. The fraction of sp³-hybridized carbons (Fsp3) is 0.381. The molecule has 158 valence electrons. The van der Waals surface area contributed by atoms with Crippen molar-refractivity contribution in [2.24, 2.45) is 5.10 Å². The van der Waals surface area contributed by atoms with Gasteiger partial charge in [0.2, 0.25) is 5.91 Å². The first-order valence-electron chi connectivity index (χ1n) is 9.91. The Kier molecular flexibility index (Phi) is 5.72. The van der Waals surface area contributed by atoms with Gasteiger partial charge >= 0.3 is 0 Å². The van der Waals surface area contributed by atoms with Gasteiger partial charge in [0.1, 0.15) is 18.1 Å². The van der Waals surface area contributed by atoms with Gasteiger partial charge < -0.3 is 10.1 Å². The second-order valence-electron chi connectivity index (χ2n) is 7.46. The zero-order chi connectivity index (χ0) is 21.1. The number of sulfone groups is 1. The lowest BCUT2D eigenvalue weighted by Gasteiger charge is -2.27. The lowest BCUT2D eigenvalue weighted by molar-refractivity contribution is -0.133. The predicted molar refractivity (Wildman–Crippen MR) is 113 cm³/mol. The number of nitrogens with one attached hydrogen (secondary N) is 1. The molecule has 0 spiro atoms. The molecule has 0 radical (unpaired) electrons. The van der Waals surface area contributed by atoms with Crippen LogP contribution in [0.2, 0.25) is 0 Å². The summed E-state index contributed by atoms with van der Waals surface area (Å²) < 4.78 is 29.1. The SMILES string of the molecule is O=C(NCCOc1ccc2ccccc2c1)C1=NN(C2CCS(=O)(=O)C2)C(=O)CC1. The highest BCUT2D eigenvalue weighted by molar-refractivity contribution is 7.91. The summed E-state index contributed by atoms with van der Waals surface area (Å²) in [6.07, 6.45) is 0.745. The number of hydrazone groups is 1. The number of hydrogen-bond acceptors (Lipinski definition) is 6. The normalized spacial score (nSPS) is 20.8. The summed E-state index contributed by atoms with van der Waals surface area (Å²) in [7, 11) is -3.14. The third-order valence-corrected chi connectivity index (χ3v) is 7.00. The number of carbonyl (C=O) groups is 2. The standard InChI is InChI=1S/C21H23N3O5S/c25-20-8-7-19(23-24(20)17-9-12-30(27,28)14-17)21(26)22-10-11-29-18-6-5-15-3-1-2-4-16(15)13-18/h1-6,13,17H,7-12,14H2,(H,22,26). The summed E-state index contributed by atoms with van der Waals surface area (Å²) in [4.78, 5) is 24.6. The predicted octanol–water partition coefficient (Wildman–Crippen LogP) is 1.50. The lowest BCUT2D eigenvalue weighted by atomic mass is 10.1. The molecule has 0 aliphatic carbocycles. The van der Waals surface area contributed by atoms with Gasteiger partial charge in [-0.3, -0.25) is 9.59 Å². The highest BCUT2D eigenvalue weighted by Crippen LogP contribution is 2.22. The summed E-state index contributed by atoms with van der Waals surface area (Å²) in [5.74, 6) is 0.0577. The molecule has 2 aromatic carbocycles. The molecule has 1 unspecified atom stereocenters. The van der Waals surface area contributed by atoms with Crippen LogP contribution in [-0.2, 0) is 19.4 Å². The van der Waals surface area contributed by atoms with Crippen LogP contribution in [0.3, 0.4) is 0 Å². The maximum atomic E-state index is 12.4. The molecule has 1 saturated heterocycles. The van der Waals surface area contributed by atoms with Crippen molar-refractivity contribution in [1.82, 2.24) is 10.3 Å². The molecule has 2 aliphatic rings. The van der Waals surface area contributed by atoms with Crippen molar-refractivity contribution < 1.29 is 22.7 Å². The fourth-order valence-corrected chi connectivity index (χ4v) is 5.37. The van der Waals surface area contributed by atoms with Gasteiger partial charge in [0, 0.05) is 12.8 Å². The Balaban J connectivity index is 1.30. The number of rotatable bonds is 6. The number of fused-ring (bicyclic) bond motifs is 1. The van der Waals surface area contributed by atoms with Crippen molar-refractivity contribution in [2.45, 2.75) is 25.3 Å². The molecule has 1 fully saturated rings. The van der Waals surface area contributed by atoms with E-state index < -0.39 is 15.9 Å². The maximum Gasteiger partial charge on any atom is 0.267 e. The van der Waals surface area contributed by atoms with Gasteiger partial charge in [-0.15, -0.1) is 0 Å². The Bertz CT molecular complexity index is 1110. The summed E-state index contributed by atoms with van der Waals surface area (Å²) in [6, 6.07) is 13.3. The van der Waals surface area contributed by atoms with E-state index in [-0.39, 0.29) is 48.4 Å². The van der Waals surface area contributed by atoms with Crippen LogP contribution in [0.5, 0.6) is 5.75 Å². The van der Waals surface area contributed by atoms with Crippen molar-refractivity contribution in [2.75, 3.05) is 24.7 Å². The van der Waals surface area contributed by atoms with Crippen LogP contribution in [0, 0.1) is 0 Å². The van der Waals surface area contributed by atoms with Gasteiger partial charge in [0.25, 0.3) is 5.91 Å².